The molecule has 250 valence electrons. The number of esters is 1. The Kier molecular flexibility index (Phi) is 3.36. The first-order valence-electron chi connectivity index (χ1n) is 20.6. The van der Waals surface area contributed by atoms with Gasteiger partial charge in [0.05, 0.1) is 7.11 Å². The summed E-state index contributed by atoms with van der Waals surface area (Å²) in [5.41, 5.74) is 14.1. The molecule has 7 aromatic carbocycles. The Morgan fingerprint density at radius 2 is 1.68 bits per heavy atom. The third kappa shape index (κ3) is 1.84. The van der Waals surface area contributed by atoms with Gasteiger partial charge in [-0.3, -0.25) is 4.79 Å². The van der Waals surface area contributed by atoms with E-state index in [1.807, 2.05) is 22.5 Å². The van der Waals surface area contributed by atoms with Gasteiger partial charge < -0.3 is 4.74 Å². The van der Waals surface area contributed by atoms with E-state index in [1.165, 1.54) is 23.6 Å². The molecule has 0 N–H and O–H groups in total. The van der Waals surface area contributed by atoms with Gasteiger partial charge in [0.15, 0.2) is 0 Å². The van der Waals surface area contributed by atoms with Crippen LogP contribution in [0.5, 0.6) is 0 Å². The van der Waals surface area contributed by atoms with Crippen LogP contribution in [0.3, 0.4) is 0 Å². The predicted octanol–water partition coefficient (Wildman–Crippen LogP) is 10.7. The lowest BCUT2D eigenvalue weighted by molar-refractivity contribution is -0.140. The normalized spacial score (nSPS) is 38.0. The highest BCUT2D eigenvalue weighted by molar-refractivity contribution is 7.10. The molecule has 10 atom stereocenters. The topological polar surface area (TPSA) is 26.3 Å². The standard InChI is InChI=1S/C50H32O2S/c1-52-29(51)5-2-16-48(28-4-3-17-53-28)49-26-14-15-27-25-13-11-23-21-9-7-19-18-6-8-20-22-10-12-24(26)36-34(22)39-32(20)30(18)38-31(19)33(21)40-35(23)37(25)47(50(27,48)49)45-43(40)41(38)42(39)44(45)46(36)49/h3-4,6-10,12-13,17,22-24,26-27,34,36H,2,5,11,14-16H2,1H3. The van der Waals surface area contributed by atoms with Crippen LogP contribution in [0.1, 0.15) is 94.5 Å². The molecule has 3 saturated carbocycles. The molecule has 0 saturated heterocycles. The molecule has 0 bridgehead atoms. The highest BCUT2D eigenvalue weighted by Crippen LogP contribution is 2.99. The number of methoxy groups -OCH3 is 1. The van der Waals surface area contributed by atoms with Crippen LogP contribution in [-0.4, -0.2) is 13.1 Å². The van der Waals surface area contributed by atoms with Crippen molar-refractivity contribution in [3.05, 3.63) is 103 Å². The molecule has 0 radical (unpaired) electrons. The third-order valence-corrected chi connectivity index (χ3v) is 20.0. The van der Waals surface area contributed by atoms with Gasteiger partial charge in [0.1, 0.15) is 0 Å². The van der Waals surface area contributed by atoms with E-state index in [0.717, 1.165) is 19.3 Å². The number of rotatable bonds is 5. The Morgan fingerprint density at radius 3 is 2.55 bits per heavy atom. The van der Waals surface area contributed by atoms with Crippen LogP contribution in [0.25, 0.3) is 75.8 Å². The molecule has 18 rings (SSSR count). The molecule has 10 unspecified atom stereocenters. The van der Waals surface area contributed by atoms with Crippen molar-refractivity contribution in [3.63, 3.8) is 0 Å². The lowest BCUT2D eigenvalue weighted by Gasteiger charge is -2.40. The van der Waals surface area contributed by atoms with E-state index in [-0.39, 0.29) is 22.2 Å². The second-order valence-corrected chi connectivity index (χ2v) is 20.1. The summed E-state index contributed by atoms with van der Waals surface area (Å²) in [7, 11) is 1.57. The lowest BCUT2D eigenvalue weighted by Crippen LogP contribution is -2.38. The van der Waals surface area contributed by atoms with Gasteiger partial charge in [-0.15, -0.1) is 11.3 Å². The van der Waals surface area contributed by atoms with Gasteiger partial charge in [-0.05, 0) is 182 Å². The fraction of sp³-hybridized carbons (Fsp3) is 0.340. The highest BCUT2D eigenvalue weighted by Gasteiger charge is 2.98. The molecule has 1 heterocycles. The number of hydrogen-bond acceptors (Lipinski definition) is 3. The average molecular weight is 697 g/mol. The maximum atomic E-state index is 12.9. The summed E-state index contributed by atoms with van der Waals surface area (Å²) in [4.78, 5) is 14.5. The molecule has 0 aliphatic heterocycles. The van der Waals surface area contributed by atoms with E-state index in [4.69, 9.17) is 4.74 Å². The van der Waals surface area contributed by atoms with Gasteiger partial charge in [-0.2, -0.15) is 0 Å². The summed E-state index contributed by atoms with van der Waals surface area (Å²) < 4.78 is 5.32. The van der Waals surface area contributed by atoms with E-state index < -0.39 is 0 Å². The number of carbonyl (C=O) groups excluding carboxylic acids is 1. The van der Waals surface area contributed by atoms with Crippen molar-refractivity contribution in [2.75, 3.05) is 7.11 Å². The Bertz CT molecular complexity index is 3410. The van der Waals surface area contributed by atoms with Gasteiger partial charge in [0.25, 0.3) is 0 Å². The lowest BCUT2D eigenvalue weighted by atomic mass is 9.62. The summed E-state index contributed by atoms with van der Waals surface area (Å²) in [6.07, 6.45) is 14.6. The average Bonchev–Trinajstić information content (AvgIpc) is 3.96. The maximum absolute atomic E-state index is 12.9. The van der Waals surface area contributed by atoms with Crippen molar-refractivity contribution < 1.29 is 9.53 Å². The van der Waals surface area contributed by atoms with Crippen LogP contribution in [0, 0.1) is 29.1 Å². The molecule has 0 amide bonds. The molecular weight excluding hydrogens is 665 g/mol. The minimum absolute atomic E-state index is 0.00135. The quantitative estimate of drug-likeness (QED) is 0.102. The van der Waals surface area contributed by atoms with Gasteiger partial charge in [-0.25, -0.2) is 0 Å². The predicted molar refractivity (Wildman–Crippen MR) is 212 cm³/mol. The number of allylic oxidation sites excluding steroid dienone is 4. The van der Waals surface area contributed by atoms with Crippen molar-refractivity contribution in [2.45, 2.75) is 67.1 Å². The Labute approximate surface area is 308 Å². The van der Waals surface area contributed by atoms with Gasteiger partial charge >= 0.3 is 5.97 Å². The second kappa shape index (κ2) is 6.97. The van der Waals surface area contributed by atoms with Crippen molar-refractivity contribution in [3.8, 4) is 0 Å². The van der Waals surface area contributed by atoms with Crippen molar-refractivity contribution in [2.24, 2.45) is 29.1 Å². The Balaban J connectivity index is 1.17. The van der Waals surface area contributed by atoms with Gasteiger partial charge in [0, 0.05) is 45.3 Å². The minimum Gasteiger partial charge on any atom is -0.469 e. The van der Waals surface area contributed by atoms with E-state index in [0.29, 0.717) is 47.8 Å². The molecule has 10 aliphatic rings. The molecule has 1 aromatic heterocycles. The monoisotopic (exact) mass is 696 g/mol. The fourth-order valence-corrected chi connectivity index (χ4v) is 19.8. The van der Waals surface area contributed by atoms with Crippen LogP contribution in [0.2, 0.25) is 0 Å². The first-order valence-corrected chi connectivity index (χ1v) is 21.4. The number of hydrogen-bond donors (Lipinski definition) is 0. The molecule has 53 heavy (non-hydrogen) atoms. The number of fused-ring (bicyclic) bond motifs is 5. The van der Waals surface area contributed by atoms with E-state index >= 15 is 0 Å². The minimum atomic E-state index is -0.0507. The smallest absolute Gasteiger partial charge is 0.305 e. The Morgan fingerprint density at radius 1 is 0.830 bits per heavy atom. The number of benzene rings is 5. The molecule has 10 aliphatic carbocycles. The third-order valence-electron chi connectivity index (χ3n) is 19.0. The highest BCUT2D eigenvalue weighted by atomic mass is 32.1. The van der Waals surface area contributed by atoms with Crippen LogP contribution >= 0.6 is 11.3 Å². The number of thiophene rings is 1. The zero-order chi connectivity index (χ0) is 33.5. The summed E-state index contributed by atoms with van der Waals surface area (Å²) in [5, 5.41) is 23.7. The molecule has 3 fully saturated rings. The van der Waals surface area contributed by atoms with Crippen LogP contribution in [0.15, 0.2) is 60.0 Å². The zero-order valence-corrected chi connectivity index (χ0v) is 30.1. The van der Waals surface area contributed by atoms with Crippen molar-refractivity contribution >= 4 is 93.1 Å². The zero-order valence-electron chi connectivity index (χ0n) is 29.3. The van der Waals surface area contributed by atoms with Gasteiger partial charge in [0.2, 0.25) is 0 Å². The van der Waals surface area contributed by atoms with E-state index in [2.05, 4.69) is 60.0 Å². The first kappa shape index (κ1) is 25.5. The number of ether oxygens (including phenoxy) is 1. The SMILES string of the molecule is COC(=O)CCCC1(c2cccs2)C23C4=c5c6c7c8c9c%10c%11c%12ccc%13c%14ccc%15c%16c(c5c(c6%10)c(c%16%14)c%13%11)C5C%15C=CC(C45)C2CCC(C8=CCC9%12)C713. The van der Waals surface area contributed by atoms with Gasteiger partial charge in [-0.1, -0.05) is 48.6 Å². The van der Waals surface area contributed by atoms with E-state index in [1.54, 1.807) is 104 Å². The van der Waals surface area contributed by atoms with Crippen molar-refractivity contribution in [1.82, 2.24) is 0 Å². The Hall–Kier alpha value is -4.47. The first-order chi connectivity index (χ1) is 26.2. The molecule has 2 spiro atoms. The summed E-state index contributed by atoms with van der Waals surface area (Å²) >= 11 is 2.04. The summed E-state index contributed by atoms with van der Waals surface area (Å²) in [6, 6.07) is 15.1. The van der Waals surface area contributed by atoms with Crippen LogP contribution in [0.4, 0.5) is 0 Å². The summed E-state index contributed by atoms with van der Waals surface area (Å²) in [6.45, 7) is 0. The number of carbonyl (C=O) groups is 1. The van der Waals surface area contributed by atoms with Crippen molar-refractivity contribution in [1.29, 1.82) is 0 Å². The molecule has 3 heteroatoms. The molecular formula is C50H32O2S. The molecule has 2 nitrogen and oxygen atoms in total. The second-order valence-electron chi connectivity index (χ2n) is 19.2. The molecule has 8 aromatic rings. The fourth-order valence-electron chi connectivity index (χ4n) is 18.7. The summed E-state index contributed by atoms with van der Waals surface area (Å²) in [5.74, 6) is 3.77. The van der Waals surface area contributed by atoms with Crippen LogP contribution in [-0.2, 0) is 20.4 Å². The van der Waals surface area contributed by atoms with E-state index in [9.17, 15) is 4.79 Å². The van der Waals surface area contributed by atoms with Crippen LogP contribution < -0.4 is 5.22 Å². The largest absolute Gasteiger partial charge is 0.469 e. The maximum Gasteiger partial charge on any atom is 0.305 e.